The summed E-state index contributed by atoms with van der Waals surface area (Å²) in [7, 11) is -3.41. The van der Waals surface area contributed by atoms with Gasteiger partial charge in [-0.05, 0) is 42.5 Å². The van der Waals surface area contributed by atoms with Crippen molar-refractivity contribution in [2.75, 3.05) is 13.1 Å². The third-order valence-electron chi connectivity index (χ3n) is 4.73. The summed E-state index contributed by atoms with van der Waals surface area (Å²) in [6.07, 6.45) is 2.29. The fraction of sp³-hybridized carbons (Fsp3) is 0.350. The van der Waals surface area contributed by atoms with Crippen LogP contribution in [0.1, 0.15) is 24.0 Å². The van der Waals surface area contributed by atoms with Crippen molar-refractivity contribution in [2.24, 2.45) is 5.73 Å². The van der Waals surface area contributed by atoms with Gasteiger partial charge in [-0.25, -0.2) is 8.42 Å². The van der Waals surface area contributed by atoms with Crippen LogP contribution in [-0.2, 0) is 27.8 Å². The lowest BCUT2D eigenvalue weighted by Gasteiger charge is -2.16. The van der Waals surface area contributed by atoms with Crippen LogP contribution in [0.4, 0.5) is 0 Å². The fourth-order valence-electron chi connectivity index (χ4n) is 3.14. The molecule has 0 spiro atoms. The topological polar surface area (TPSA) is 92.5 Å². The maximum atomic E-state index is 12.5. The first kappa shape index (κ1) is 19.5. The van der Waals surface area contributed by atoms with Crippen molar-refractivity contribution < 1.29 is 13.2 Å². The van der Waals surface area contributed by atoms with E-state index in [2.05, 4.69) is 5.32 Å². The van der Waals surface area contributed by atoms with Gasteiger partial charge in [0.25, 0.3) is 0 Å². The Hall–Kier alpha value is -2.22. The zero-order valence-electron chi connectivity index (χ0n) is 15.2. The number of nitrogens with two attached hydrogens (primary N) is 1. The van der Waals surface area contributed by atoms with E-state index in [4.69, 9.17) is 5.73 Å². The van der Waals surface area contributed by atoms with E-state index in [9.17, 15) is 13.2 Å². The first-order valence-electron chi connectivity index (χ1n) is 9.13. The van der Waals surface area contributed by atoms with Gasteiger partial charge in [-0.2, -0.15) is 4.31 Å². The van der Waals surface area contributed by atoms with E-state index >= 15 is 0 Å². The monoisotopic (exact) mass is 387 g/mol. The number of hydrogen-bond acceptors (Lipinski definition) is 4. The second-order valence-electron chi connectivity index (χ2n) is 6.77. The zero-order chi connectivity index (χ0) is 19.3. The molecule has 1 atom stereocenters. The lowest BCUT2D eigenvalue weighted by atomic mass is 10.1. The van der Waals surface area contributed by atoms with Gasteiger partial charge in [-0.3, -0.25) is 4.79 Å². The molecule has 1 heterocycles. The highest BCUT2D eigenvalue weighted by molar-refractivity contribution is 7.89. The van der Waals surface area contributed by atoms with Gasteiger partial charge >= 0.3 is 0 Å². The summed E-state index contributed by atoms with van der Waals surface area (Å²) >= 11 is 0. The van der Waals surface area contributed by atoms with Crippen molar-refractivity contribution in [3.63, 3.8) is 0 Å². The Balaban J connectivity index is 1.54. The van der Waals surface area contributed by atoms with E-state index in [0.717, 1.165) is 24.0 Å². The molecule has 1 saturated heterocycles. The first-order chi connectivity index (χ1) is 13.0. The highest BCUT2D eigenvalue weighted by Gasteiger charge is 2.26. The van der Waals surface area contributed by atoms with Crippen LogP contribution in [0.5, 0.6) is 0 Å². The Morgan fingerprint density at radius 2 is 1.63 bits per heavy atom. The number of sulfonamides is 1. The average molecular weight is 388 g/mol. The van der Waals surface area contributed by atoms with Crippen molar-refractivity contribution >= 4 is 15.9 Å². The average Bonchev–Trinajstić information content (AvgIpc) is 3.23. The van der Waals surface area contributed by atoms with Gasteiger partial charge in [0.15, 0.2) is 0 Å². The first-order valence-corrected chi connectivity index (χ1v) is 10.6. The Bertz CT molecular complexity index is 861. The summed E-state index contributed by atoms with van der Waals surface area (Å²) in [4.78, 5) is 12.5. The standard InChI is InChI=1S/C20H25N3O3S/c21-19(14-16-6-2-1-3-7-16)20(24)22-15-17-8-10-18(11-9-17)27(25,26)23-12-4-5-13-23/h1-3,6-11,19H,4-5,12-15,21H2,(H,22,24)/t19-/m0/s1. The Labute approximate surface area is 160 Å². The minimum absolute atomic E-state index is 0.229. The molecule has 27 heavy (non-hydrogen) atoms. The van der Waals surface area contributed by atoms with Gasteiger partial charge in [-0.15, -0.1) is 0 Å². The predicted molar refractivity (Wildman–Crippen MR) is 104 cm³/mol. The van der Waals surface area contributed by atoms with Crippen molar-refractivity contribution in [2.45, 2.75) is 36.7 Å². The number of benzene rings is 2. The molecule has 1 amide bonds. The van der Waals surface area contributed by atoms with Gasteiger partial charge < -0.3 is 11.1 Å². The number of nitrogens with one attached hydrogen (secondary N) is 1. The summed E-state index contributed by atoms with van der Waals surface area (Å²) in [5.74, 6) is -0.229. The highest BCUT2D eigenvalue weighted by atomic mass is 32.2. The van der Waals surface area contributed by atoms with Gasteiger partial charge in [0.05, 0.1) is 10.9 Å². The summed E-state index contributed by atoms with van der Waals surface area (Å²) in [6, 6.07) is 15.6. The number of amides is 1. The molecule has 144 valence electrons. The van der Waals surface area contributed by atoms with Crippen LogP contribution in [0, 0.1) is 0 Å². The minimum atomic E-state index is -3.41. The summed E-state index contributed by atoms with van der Waals surface area (Å²) in [5.41, 5.74) is 7.81. The fourth-order valence-corrected chi connectivity index (χ4v) is 4.65. The lowest BCUT2D eigenvalue weighted by molar-refractivity contribution is -0.122. The van der Waals surface area contributed by atoms with E-state index in [1.54, 1.807) is 24.3 Å². The van der Waals surface area contributed by atoms with Crippen molar-refractivity contribution in [3.05, 3.63) is 65.7 Å². The van der Waals surface area contributed by atoms with E-state index in [1.807, 2.05) is 30.3 Å². The minimum Gasteiger partial charge on any atom is -0.351 e. The molecule has 3 rings (SSSR count). The van der Waals surface area contributed by atoms with Crippen LogP contribution in [0.3, 0.4) is 0 Å². The van der Waals surface area contributed by atoms with E-state index in [-0.39, 0.29) is 5.91 Å². The molecule has 0 bridgehead atoms. The van der Waals surface area contributed by atoms with E-state index in [0.29, 0.717) is 31.0 Å². The molecule has 0 radical (unpaired) electrons. The van der Waals surface area contributed by atoms with E-state index < -0.39 is 16.1 Å². The number of carbonyl (C=O) groups is 1. The Morgan fingerprint density at radius 3 is 2.26 bits per heavy atom. The van der Waals surface area contributed by atoms with Crippen LogP contribution < -0.4 is 11.1 Å². The third-order valence-corrected chi connectivity index (χ3v) is 6.64. The zero-order valence-corrected chi connectivity index (χ0v) is 16.0. The van der Waals surface area contributed by atoms with Crippen LogP contribution in [0.15, 0.2) is 59.5 Å². The number of rotatable bonds is 7. The van der Waals surface area contributed by atoms with Crippen molar-refractivity contribution in [1.29, 1.82) is 0 Å². The second-order valence-corrected chi connectivity index (χ2v) is 8.71. The highest BCUT2D eigenvalue weighted by Crippen LogP contribution is 2.21. The van der Waals surface area contributed by atoms with Gasteiger partial charge in [0.2, 0.25) is 15.9 Å². The molecule has 6 nitrogen and oxygen atoms in total. The second kappa shape index (κ2) is 8.65. The summed E-state index contributed by atoms with van der Waals surface area (Å²) < 4.78 is 26.5. The quantitative estimate of drug-likeness (QED) is 0.756. The van der Waals surface area contributed by atoms with Crippen molar-refractivity contribution in [3.8, 4) is 0 Å². The molecule has 1 aliphatic heterocycles. The summed E-state index contributed by atoms with van der Waals surface area (Å²) in [6.45, 7) is 1.48. The maximum Gasteiger partial charge on any atom is 0.243 e. The van der Waals surface area contributed by atoms with E-state index in [1.165, 1.54) is 4.31 Å². The molecule has 1 aliphatic rings. The lowest BCUT2D eigenvalue weighted by Crippen LogP contribution is -2.41. The van der Waals surface area contributed by atoms with Crippen molar-refractivity contribution in [1.82, 2.24) is 9.62 Å². The maximum absolute atomic E-state index is 12.5. The normalized spacial score (nSPS) is 16.2. The van der Waals surface area contributed by atoms with Crippen LogP contribution in [0.25, 0.3) is 0 Å². The molecule has 0 saturated carbocycles. The number of hydrogen-bond donors (Lipinski definition) is 2. The van der Waals surface area contributed by atoms with Gasteiger partial charge in [0.1, 0.15) is 0 Å². The molecule has 3 N–H and O–H groups in total. The van der Waals surface area contributed by atoms with Crippen LogP contribution in [-0.4, -0.2) is 37.8 Å². The van der Waals surface area contributed by atoms with Gasteiger partial charge in [-0.1, -0.05) is 42.5 Å². The number of carbonyl (C=O) groups excluding carboxylic acids is 1. The SMILES string of the molecule is N[C@@H](Cc1ccccc1)C(=O)NCc1ccc(S(=O)(=O)N2CCCC2)cc1. The number of nitrogens with zero attached hydrogens (tertiary/aromatic N) is 1. The molecule has 2 aromatic rings. The molecule has 0 aliphatic carbocycles. The Kier molecular flexibility index (Phi) is 6.26. The van der Waals surface area contributed by atoms with Gasteiger partial charge in [0, 0.05) is 19.6 Å². The molecular formula is C20H25N3O3S. The molecule has 7 heteroatoms. The molecule has 0 aromatic heterocycles. The third kappa shape index (κ3) is 4.94. The Morgan fingerprint density at radius 1 is 1.00 bits per heavy atom. The molecule has 0 unspecified atom stereocenters. The molecule has 2 aromatic carbocycles. The molecular weight excluding hydrogens is 362 g/mol. The smallest absolute Gasteiger partial charge is 0.243 e. The van der Waals surface area contributed by atoms with Crippen LogP contribution >= 0.6 is 0 Å². The largest absolute Gasteiger partial charge is 0.351 e. The van der Waals surface area contributed by atoms with Crippen LogP contribution in [0.2, 0.25) is 0 Å². The predicted octanol–water partition coefficient (Wildman–Crippen LogP) is 1.66. The summed E-state index contributed by atoms with van der Waals surface area (Å²) in [5, 5.41) is 2.81. The molecule has 1 fully saturated rings.